The van der Waals surface area contributed by atoms with Crippen molar-refractivity contribution in [3.63, 3.8) is 0 Å². The van der Waals surface area contributed by atoms with Gasteiger partial charge in [0.25, 0.3) is 5.91 Å². The van der Waals surface area contributed by atoms with Crippen molar-refractivity contribution in [2.75, 3.05) is 13.1 Å². The van der Waals surface area contributed by atoms with Crippen molar-refractivity contribution in [2.24, 2.45) is 5.73 Å². The molecule has 5 nitrogen and oxygen atoms in total. The molecule has 0 saturated carbocycles. The van der Waals surface area contributed by atoms with Gasteiger partial charge >= 0.3 is 6.09 Å². The average Bonchev–Trinajstić information content (AvgIpc) is 2.70. The molecule has 86 valence electrons. The topological polar surface area (TPSA) is 72.6 Å². The first kappa shape index (κ1) is 11.8. The molecular formula is C10H18N2O3. The molecule has 2 amide bonds. The zero-order valence-corrected chi connectivity index (χ0v) is 9.28. The van der Waals surface area contributed by atoms with Crippen molar-refractivity contribution in [3.8, 4) is 0 Å². The number of hydrogen-bond acceptors (Lipinski definition) is 3. The van der Waals surface area contributed by atoms with Crippen LogP contribution in [0.15, 0.2) is 0 Å². The molecule has 1 saturated heterocycles. The summed E-state index contributed by atoms with van der Waals surface area (Å²) in [4.78, 5) is 24.4. The lowest BCUT2D eigenvalue weighted by atomic mass is 10.0. The second-order valence-electron chi connectivity index (χ2n) is 4.01. The number of nitrogens with zero attached hydrogens (tertiary/aromatic N) is 1. The number of primary amides is 1. The zero-order valence-electron chi connectivity index (χ0n) is 9.28. The summed E-state index contributed by atoms with van der Waals surface area (Å²) < 4.78 is 5.14. The average molecular weight is 214 g/mol. The maximum Gasteiger partial charge on any atom is 0.410 e. The van der Waals surface area contributed by atoms with Gasteiger partial charge in [0, 0.05) is 13.1 Å². The summed E-state index contributed by atoms with van der Waals surface area (Å²) in [5.41, 5.74) is 4.01. The van der Waals surface area contributed by atoms with Crippen LogP contribution < -0.4 is 5.73 Å². The smallest absolute Gasteiger partial charge is 0.410 e. The SMILES string of the molecule is CC[C@](C)(OC(=O)N1CCCC1)C(N)=O. The predicted molar refractivity (Wildman–Crippen MR) is 55.2 cm³/mol. The van der Waals surface area contributed by atoms with Gasteiger partial charge in [0.1, 0.15) is 0 Å². The Labute approximate surface area is 89.6 Å². The second-order valence-corrected chi connectivity index (χ2v) is 4.01. The Morgan fingerprint density at radius 1 is 1.40 bits per heavy atom. The van der Waals surface area contributed by atoms with E-state index in [-0.39, 0.29) is 0 Å². The minimum absolute atomic E-state index is 0.391. The Bertz CT molecular complexity index is 261. The van der Waals surface area contributed by atoms with Crippen LogP contribution in [0.5, 0.6) is 0 Å². The van der Waals surface area contributed by atoms with Crippen LogP contribution >= 0.6 is 0 Å². The summed E-state index contributed by atoms with van der Waals surface area (Å²) in [6.07, 6.45) is 1.95. The normalized spacial score (nSPS) is 19.7. The van der Waals surface area contributed by atoms with Crippen LogP contribution in [0.2, 0.25) is 0 Å². The van der Waals surface area contributed by atoms with E-state index in [1.165, 1.54) is 0 Å². The maximum atomic E-state index is 11.6. The first-order valence-electron chi connectivity index (χ1n) is 5.27. The quantitative estimate of drug-likeness (QED) is 0.757. The van der Waals surface area contributed by atoms with Gasteiger partial charge in [-0.15, -0.1) is 0 Å². The number of nitrogens with two attached hydrogens (primary N) is 1. The van der Waals surface area contributed by atoms with Gasteiger partial charge in [-0.2, -0.15) is 0 Å². The Morgan fingerprint density at radius 2 is 1.93 bits per heavy atom. The third-order valence-corrected chi connectivity index (χ3v) is 2.87. The summed E-state index contributed by atoms with van der Waals surface area (Å²) in [6, 6.07) is 0. The molecule has 0 aromatic rings. The molecule has 1 aliphatic rings. The molecule has 0 radical (unpaired) electrons. The number of hydrogen-bond donors (Lipinski definition) is 1. The van der Waals surface area contributed by atoms with E-state index in [1.54, 1.807) is 18.7 Å². The van der Waals surface area contributed by atoms with Gasteiger partial charge in [-0.1, -0.05) is 6.92 Å². The summed E-state index contributed by atoms with van der Waals surface area (Å²) in [6.45, 7) is 4.72. The lowest BCUT2D eigenvalue weighted by molar-refractivity contribution is -0.136. The summed E-state index contributed by atoms with van der Waals surface area (Å²) in [5.74, 6) is -0.599. The minimum Gasteiger partial charge on any atom is -0.433 e. The van der Waals surface area contributed by atoms with E-state index >= 15 is 0 Å². The molecule has 5 heteroatoms. The Balaban J connectivity index is 2.58. The van der Waals surface area contributed by atoms with E-state index in [4.69, 9.17) is 10.5 Å². The van der Waals surface area contributed by atoms with Crippen LogP contribution in [0.25, 0.3) is 0 Å². The van der Waals surface area contributed by atoms with Gasteiger partial charge in [0.15, 0.2) is 5.60 Å². The Kier molecular flexibility index (Phi) is 3.55. The van der Waals surface area contributed by atoms with Crippen molar-refractivity contribution >= 4 is 12.0 Å². The molecule has 2 N–H and O–H groups in total. The molecule has 1 fully saturated rings. The van der Waals surface area contributed by atoms with Crippen LogP contribution in [-0.4, -0.2) is 35.6 Å². The van der Waals surface area contributed by atoms with Crippen LogP contribution in [0, 0.1) is 0 Å². The predicted octanol–water partition coefficient (Wildman–Crippen LogP) is 0.873. The molecule has 0 unspecified atom stereocenters. The molecule has 1 aliphatic heterocycles. The lowest BCUT2D eigenvalue weighted by Crippen LogP contribution is -2.47. The number of amides is 2. The van der Waals surface area contributed by atoms with Gasteiger partial charge in [0.2, 0.25) is 0 Å². The number of rotatable bonds is 3. The van der Waals surface area contributed by atoms with E-state index in [1.807, 2.05) is 0 Å². The molecule has 0 aliphatic carbocycles. The molecule has 0 spiro atoms. The molecule has 0 bridgehead atoms. The van der Waals surface area contributed by atoms with Crippen molar-refractivity contribution in [1.29, 1.82) is 0 Å². The number of ether oxygens (including phenoxy) is 1. The van der Waals surface area contributed by atoms with E-state index in [0.717, 1.165) is 12.8 Å². The second kappa shape index (κ2) is 4.51. The summed E-state index contributed by atoms with van der Waals surface area (Å²) in [7, 11) is 0. The number of carbonyl (C=O) groups is 2. The first-order chi connectivity index (χ1) is 6.99. The largest absolute Gasteiger partial charge is 0.433 e. The molecule has 0 aromatic carbocycles. The van der Waals surface area contributed by atoms with Crippen molar-refractivity contribution in [3.05, 3.63) is 0 Å². The third kappa shape index (κ3) is 2.61. The van der Waals surface area contributed by atoms with E-state index in [9.17, 15) is 9.59 Å². The van der Waals surface area contributed by atoms with Crippen LogP contribution in [0.4, 0.5) is 4.79 Å². The highest BCUT2D eigenvalue weighted by Crippen LogP contribution is 2.18. The Morgan fingerprint density at radius 3 is 2.33 bits per heavy atom. The van der Waals surface area contributed by atoms with Crippen LogP contribution in [0.3, 0.4) is 0 Å². The van der Waals surface area contributed by atoms with Gasteiger partial charge in [-0.3, -0.25) is 4.79 Å². The van der Waals surface area contributed by atoms with E-state index in [0.29, 0.717) is 19.5 Å². The van der Waals surface area contributed by atoms with E-state index < -0.39 is 17.6 Å². The van der Waals surface area contributed by atoms with Crippen molar-refractivity contribution in [2.45, 2.75) is 38.7 Å². The zero-order chi connectivity index (χ0) is 11.5. The monoisotopic (exact) mass is 214 g/mol. The first-order valence-corrected chi connectivity index (χ1v) is 5.27. The highest BCUT2D eigenvalue weighted by atomic mass is 16.6. The molecule has 1 atom stereocenters. The highest BCUT2D eigenvalue weighted by molar-refractivity contribution is 5.85. The van der Waals surface area contributed by atoms with E-state index in [2.05, 4.69) is 0 Å². The third-order valence-electron chi connectivity index (χ3n) is 2.87. The number of carbonyl (C=O) groups excluding carboxylic acids is 2. The van der Waals surface area contributed by atoms with Crippen LogP contribution in [0.1, 0.15) is 33.1 Å². The van der Waals surface area contributed by atoms with Crippen molar-refractivity contribution in [1.82, 2.24) is 4.90 Å². The molecule has 1 heterocycles. The summed E-state index contributed by atoms with van der Waals surface area (Å²) in [5, 5.41) is 0. The van der Waals surface area contributed by atoms with Gasteiger partial charge < -0.3 is 15.4 Å². The fourth-order valence-corrected chi connectivity index (χ4v) is 1.45. The fourth-order valence-electron chi connectivity index (χ4n) is 1.45. The molecule has 1 rings (SSSR count). The van der Waals surface area contributed by atoms with Gasteiger partial charge in [0.05, 0.1) is 0 Å². The molecule has 15 heavy (non-hydrogen) atoms. The fraction of sp³-hybridized carbons (Fsp3) is 0.800. The maximum absolute atomic E-state index is 11.6. The van der Waals surface area contributed by atoms with Crippen LogP contribution in [-0.2, 0) is 9.53 Å². The highest BCUT2D eigenvalue weighted by Gasteiger charge is 2.35. The molecule has 0 aromatic heterocycles. The summed E-state index contributed by atoms with van der Waals surface area (Å²) >= 11 is 0. The van der Waals surface area contributed by atoms with Gasteiger partial charge in [-0.05, 0) is 26.2 Å². The number of likely N-dealkylation sites (tertiary alicyclic amines) is 1. The lowest BCUT2D eigenvalue weighted by Gasteiger charge is -2.27. The van der Waals surface area contributed by atoms with Crippen molar-refractivity contribution < 1.29 is 14.3 Å². The minimum atomic E-state index is -1.18. The molecular weight excluding hydrogens is 196 g/mol. The Hall–Kier alpha value is -1.26. The standard InChI is InChI=1S/C10H18N2O3/c1-3-10(2,8(11)13)15-9(14)12-6-4-5-7-12/h3-7H2,1-2H3,(H2,11,13)/t10-/m0/s1. The van der Waals surface area contributed by atoms with Gasteiger partial charge in [-0.25, -0.2) is 4.79 Å².